The average Bonchev–Trinajstić information content (AvgIpc) is 2.65. The second-order valence-corrected chi connectivity index (χ2v) is 5.47. The Labute approximate surface area is 93.2 Å². The molecule has 2 saturated heterocycles. The van der Waals surface area contributed by atoms with Crippen LogP contribution in [0.1, 0.15) is 33.1 Å². The van der Waals surface area contributed by atoms with Gasteiger partial charge in [0.2, 0.25) is 0 Å². The Morgan fingerprint density at radius 1 is 1.47 bits per heavy atom. The SMILES string of the molecule is CC1(C)CN(CCC2CCCN2)CCO1. The van der Waals surface area contributed by atoms with Crippen LogP contribution >= 0.6 is 0 Å². The van der Waals surface area contributed by atoms with Gasteiger partial charge in [-0.3, -0.25) is 4.90 Å². The third-order valence-corrected chi connectivity index (χ3v) is 3.46. The van der Waals surface area contributed by atoms with E-state index >= 15 is 0 Å². The maximum Gasteiger partial charge on any atom is 0.0753 e. The van der Waals surface area contributed by atoms with E-state index in [1.807, 2.05) is 0 Å². The van der Waals surface area contributed by atoms with Gasteiger partial charge in [-0.1, -0.05) is 0 Å². The molecule has 2 fully saturated rings. The largest absolute Gasteiger partial charge is 0.373 e. The van der Waals surface area contributed by atoms with Crippen molar-refractivity contribution in [1.29, 1.82) is 0 Å². The van der Waals surface area contributed by atoms with Crippen LogP contribution in [0.2, 0.25) is 0 Å². The molecule has 88 valence electrons. The van der Waals surface area contributed by atoms with E-state index in [9.17, 15) is 0 Å². The molecule has 0 saturated carbocycles. The summed E-state index contributed by atoms with van der Waals surface area (Å²) in [4.78, 5) is 2.55. The van der Waals surface area contributed by atoms with Gasteiger partial charge in [-0.05, 0) is 46.2 Å². The first-order chi connectivity index (χ1) is 7.16. The normalized spacial score (nSPS) is 32.0. The van der Waals surface area contributed by atoms with E-state index in [1.165, 1.54) is 32.4 Å². The van der Waals surface area contributed by atoms with Gasteiger partial charge in [0.05, 0.1) is 12.2 Å². The number of nitrogens with one attached hydrogen (secondary N) is 1. The molecule has 0 aromatic heterocycles. The smallest absolute Gasteiger partial charge is 0.0753 e. The standard InChI is InChI=1S/C12H24N2O/c1-12(2)10-14(8-9-15-12)7-5-11-4-3-6-13-11/h11,13H,3-10H2,1-2H3. The predicted molar refractivity (Wildman–Crippen MR) is 62.1 cm³/mol. The van der Waals surface area contributed by atoms with Gasteiger partial charge < -0.3 is 10.1 Å². The molecule has 0 aromatic rings. The summed E-state index contributed by atoms with van der Waals surface area (Å²) in [5.41, 5.74) is 0.0569. The zero-order valence-corrected chi connectivity index (χ0v) is 10.1. The Balaban J connectivity index is 1.69. The highest BCUT2D eigenvalue weighted by Crippen LogP contribution is 2.17. The minimum absolute atomic E-state index is 0.0569. The van der Waals surface area contributed by atoms with Crippen molar-refractivity contribution in [1.82, 2.24) is 10.2 Å². The van der Waals surface area contributed by atoms with Crippen LogP contribution in [-0.2, 0) is 4.74 Å². The third kappa shape index (κ3) is 3.44. The second-order valence-electron chi connectivity index (χ2n) is 5.47. The lowest BCUT2D eigenvalue weighted by Crippen LogP contribution is -2.49. The van der Waals surface area contributed by atoms with Crippen molar-refractivity contribution in [2.24, 2.45) is 0 Å². The van der Waals surface area contributed by atoms with E-state index in [0.717, 1.165) is 25.7 Å². The summed E-state index contributed by atoms with van der Waals surface area (Å²) in [6.45, 7) is 9.91. The zero-order valence-electron chi connectivity index (χ0n) is 10.1. The van der Waals surface area contributed by atoms with Gasteiger partial charge in [-0.25, -0.2) is 0 Å². The van der Waals surface area contributed by atoms with Gasteiger partial charge in [0, 0.05) is 19.1 Å². The summed E-state index contributed by atoms with van der Waals surface area (Å²) in [5.74, 6) is 0. The van der Waals surface area contributed by atoms with Crippen molar-refractivity contribution in [3.63, 3.8) is 0 Å². The topological polar surface area (TPSA) is 24.5 Å². The van der Waals surface area contributed by atoms with E-state index in [2.05, 4.69) is 24.1 Å². The molecule has 0 aliphatic carbocycles. The molecule has 2 heterocycles. The van der Waals surface area contributed by atoms with Crippen LogP contribution in [0.15, 0.2) is 0 Å². The molecule has 15 heavy (non-hydrogen) atoms. The Morgan fingerprint density at radius 3 is 3.00 bits per heavy atom. The fourth-order valence-corrected chi connectivity index (χ4v) is 2.65. The molecule has 3 nitrogen and oxygen atoms in total. The average molecular weight is 212 g/mol. The minimum atomic E-state index is 0.0569. The maximum absolute atomic E-state index is 5.71. The van der Waals surface area contributed by atoms with Crippen LogP contribution in [0, 0.1) is 0 Å². The summed E-state index contributed by atoms with van der Waals surface area (Å²) in [5, 5.41) is 3.56. The van der Waals surface area contributed by atoms with Gasteiger partial charge in [0.15, 0.2) is 0 Å². The van der Waals surface area contributed by atoms with Crippen molar-refractivity contribution >= 4 is 0 Å². The van der Waals surface area contributed by atoms with Crippen LogP contribution in [0.3, 0.4) is 0 Å². The first-order valence-corrected chi connectivity index (χ1v) is 6.25. The van der Waals surface area contributed by atoms with Gasteiger partial charge in [0.1, 0.15) is 0 Å². The van der Waals surface area contributed by atoms with Crippen molar-refractivity contribution in [2.75, 3.05) is 32.8 Å². The third-order valence-electron chi connectivity index (χ3n) is 3.46. The summed E-state index contributed by atoms with van der Waals surface area (Å²) < 4.78 is 5.71. The molecule has 2 rings (SSSR count). The molecule has 3 heteroatoms. The summed E-state index contributed by atoms with van der Waals surface area (Å²) in [7, 11) is 0. The molecule has 0 bridgehead atoms. The van der Waals surface area contributed by atoms with Crippen molar-refractivity contribution in [3.8, 4) is 0 Å². The lowest BCUT2D eigenvalue weighted by molar-refractivity contribution is -0.0863. The Bertz CT molecular complexity index is 200. The number of ether oxygens (including phenoxy) is 1. The highest BCUT2D eigenvalue weighted by Gasteiger charge is 2.27. The fraction of sp³-hybridized carbons (Fsp3) is 1.00. The van der Waals surface area contributed by atoms with Gasteiger partial charge in [0.25, 0.3) is 0 Å². The highest BCUT2D eigenvalue weighted by atomic mass is 16.5. The minimum Gasteiger partial charge on any atom is -0.373 e. The monoisotopic (exact) mass is 212 g/mol. The van der Waals surface area contributed by atoms with Crippen molar-refractivity contribution in [2.45, 2.75) is 44.8 Å². The van der Waals surface area contributed by atoms with Crippen LogP contribution in [0.5, 0.6) is 0 Å². The van der Waals surface area contributed by atoms with Gasteiger partial charge in [-0.2, -0.15) is 0 Å². The number of hydrogen-bond acceptors (Lipinski definition) is 3. The Morgan fingerprint density at radius 2 is 2.33 bits per heavy atom. The number of hydrogen-bond donors (Lipinski definition) is 1. The first-order valence-electron chi connectivity index (χ1n) is 6.25. The zero-order chi connectivity index (χ0) is 10.7. The summed E-state index contributed by atoms with van der Waals surface area (Å²) in [6.07, 6.45) is 4.03. The second kappa shape index (κ2) is 4.81. The first kappa shape index (κ1) is 11.4. The lowest BCUT2D eigenvalue weighted by atomic mass is 10.1. The van der Waals surface area contributed by atoms with Gasteiger partial charge >= 0.3 is 0 Å². The summed E-state index contributed by atoms with van der Waals surface area (Å²) in [6, 6.07) is 0.774. The van der Waals surface area contributed by atoms with E-state index in [0.29, 0.717) is 0 Å². The Hall–Kier alpha value is -0.120. The molecule has 1 N–H and O–H groups in total. The van der Waals surface area contributed by atoms with E-state index in [1.54, 1.807) is 0 Å². The summed E-state index contributed by atoms with van der Waals surface area (Å²) >= 11 is 0. The maximum atomic E-state index is 5.71. The number of rotatable bonds is 3. The predicted octanol–water partition coefficient (Wildman–Crippen LogP) is 1.24. The van der Waals surface area contributed by atoms with Crippen LogP contribution in [0.4, 0.5) is 0 Å². The molecular weight excluding hydrogens is 188 g/mol. The Kier molecular flexibility index (Phi) is 3.65. The quantitative estimate of drug-likeness (QED) is 0.762. The molecule has 2 aliphatic rings. The van der Waals surface area contributed by atoms with Crippen LogP contribution < -0.4 is 5.32 Å². The van der Waals surface area contributed by atoms with Gasteiger partial charge in [-0.15, -0.1) is 0 Å². The molecule has 0 aromatic carbocycles. The highest BCUT2D eigenvalue weighted by molar-refractivity contribution is 4.81. The van der Waals surface area contributed by atoms with Crippen LogP contribution in [-0.4, -0.2) is 49.3 Å². The number of morpholine rings is 1. The number of nitrogens with zero attached hydrogens (tertiary/aromatic N) is 1. The van der Waals surface area contributed by atoms with Crippen molar-refractivity contribution < 1.29 is 4.74 Å². The molecule has 0 spiro atoms. The molecule has 1 atom stereocenters. The molecule has 2 aliphatic heterocycles. The molecule has 1 unspecified atom stereocenters. The lowest BCUT2D eigenvalue weighted by Gasteiger charge is -2.38. The molecule has 0 amide bonds. The molecule has 0 radical (unpaired) electrons. The van der Waals surface area contributed by atoms with E-state index in [4.69, 9.17) is 4.74 Å². The fourth-order valence-electron chi connectivity index (χ4n) is 2.65. The van der Waals surface area contributed by atoms with E-state index < -0.39 is 0 Å². The van der Waals surface area contributed by atoms with E-state index in [-0.39, 0.29) is 5.60 Å². The molecular formula is C12H24N2O. The van der Waals surface area contributed by atoms with Crippen molar-refractivity contribution in [3.05, 3.63) is 0 Å². The van der Waals surface area contributed by atoms with Crippen LogP contribution in [0.25, 0.3) is 0 Å².